The average molecular weight is 195 g/mol. The Morgan fingerprint density at radius 1 is 1.43 bits per heavy atom. The number of ether oxygens (including phenoxy) is 1. The van der Waals surface area contributed by atoms with E-state index in [4.69, 9.17) is 10.5 Å². The smallest absolute Gasteiger partial charge is 0.248 e. The zero-order valence-corrected chi connectivity index (χ0v) is 7.50. The molecule has 0 heterocycles. The van der Waals surface area contributed by atoms with Gasteiger partial charge in [0, 0.05) is 11.6 Å². The van der Waals surface area contributed by atoms with Crippen LogP contribution in [0.1, 0.15) is 23.2 Å². The molecule has 0 atom stereocenters. The summed E-state index contributed by atoms with van der Waals surface area (Å²) in [6.45, 7) is 0. The molecule has 14 heavy (non-hydrogen) atoms. The Bertz CT molecular complexity index is 374. The number of halogens is 1. The van der Waals surface area contributed by atoms with E-state index in [0.717, 1.165) is 18.9 Å². The fourth-order valence-corrected chi connectivity index (χ4v) is 1.15. The number of carbonyl (C=O) groups is 1. The van der Waals surface area contributed by atoms with Gasteiger partial charge in [-0.2, -0.15) is 0 Å². The summed E-state index contributed by atoms with van der Waals surface area (Å²) in [7, 11) is 0. The van der Waals surface area contributed by atoms with Gasteiger partial charge in [0.15, 0.2) is 0 Å². The van der Waals surface area contributed by atoms with Crippen molar-refractivity contribution in [3.8, 4) is 5.75 Å². The molecule has 0 unspecified atom stereocenters. The van der Waals surface area contributed by atoms with Crippen molar-refractivity contribution in [2.45, 2.75) is 18.9 Å². The number of nitrogens with two attached hydrogens (primary N) is 1. The molecule has 4 heteroatoms. The van der Waals surface area contributed by atoms with Crippen LogP contribution in [0.2, 0.25) is 0 Å². The minimum Gasteiger partial charge on any atom is -0.490 e. The van der Waals surface area contributed by atoms with Crippen molar-refractivity contribution in [3.05, 3.63) is 29.6 Å². The van der Waals surface area contributed by atoms with Crippen LogP contribution in [-0.4, -0.2) is 12.0 Å². The van der Waals surface area contributed by atoms with Crippen LogP contribution in [0.25, 0.3) is 0 Å². The molecule has 1 fully saturated rings. The highest BCUT2D eigenvalue weighted by molar-refractivity contribution is 5.93. The second kappa shape index (κ2) is 3.29. The topological polar surface area (TPSA) is 52.3 Å². The zero-order valence-electron chi connectivity index (χ0n) is 7.50. The SMILES string of the molecule is NC(=O)c1cc(F)cc(OC2CC2)c1. The summed E-state index contributed by atoms with van der Waals surface area (Å²) in [4.78, 5) is 10.8. The van der Waals surface area contributed by atoms with Crippen LogP contribution < -0.4 is 10.5 Å². The van der Waals surface area contributed by atoms with Crippen molar-refractivity contribution < 1.29 is 13.9 Å². The van der Waals surface area contributed by atoms with Gasteiger partial charge in [0.2, 0.25) is 5.91 Å². The van der Waals surface area contributed by atoms with E-state index in [1.807, 2.05) is 0 Å². The van der Waals surface area contributed by atoms with Crippen LogP contribution in [0.3, 0.4) is 0 Å². The maximum atomic E-state index is 13.0. The molecule has 1 aromatic carbocycles. The number of hydrogen-bond donors (Lipinski definition) is 1. The van der Waals surface area contributed by atoms with Crippen molar-refractivity contribution in [1.29, 1.82) is 0 Å². The van der Waals surface area contributed by atoms with Gasteiger partial charge >= 0.3 is 0 Å². The highest BCUT2D eigenvalue weighted by atomic mass is 19.1. The maximum Gasteiger partial charge on any atom is 0.248 e. The normalized spacial score (nSPS) is 15.2. The van der Waals surface area contributed by atoms with Gasteiger partial charge in [0.25, 0.3) is 0 Å². The van der Waals surface area contributed by atoms with Crippen LogP contribution in [0.4, 0.5) is 4.39 Å². The van der Waals surface area contributed by atoms with Crippen LogP contribution >= 0.6 is 0 Å². The standard InChI is InChI=1S/C10H10FNO2/c11-7-3-6(10(12)13)4-9(5-7)14-8-1-2-8/h3-5,8H,1-2H2,(H2,12,13). The summed E-state index contributed by atoms with van der Waals surface area (Å²) >= 11 is 0. The lowest BCUT2D eigenvalue weighted by atomic mass is 10.2. The van der Waals surface area contributed by atoms with Gasteiger partial charge in [-0.3, -0.25) is 4.79 Å². The summed E-state index contributed by atoms with van der Waals surface area (Å²) in [6.07, 6.45) is 2.16. The molecule has 1 aromatic rings. The molecule has 0 radical (unpaired) electrons. The Kier molecular flexibility index (Phi) is 2.11. The molecule has 1 saturated carbocycles. The first-order valence-electron chi connectivity index (χ1n) is 4.42. The number of rotatable bonds is 3. The maximum absolute atomic E-state index is 13.0. The predicted octanol–water partition coefficient (Wildman–Crippen LogP) is 1.47. The first-order chi connectivity index (χ1) is 6.65. The minimum atomic E-state index is -0.648. The Hall–Kier alpha value is -1.58. The van der Waals surface area contributed by atoms with E-state index in [0.29, 0.717) is 5.75 Å². The van der Waals surface area contributed by atoms with Crippen molar-refractivity contribution in [3.63, 3.8) is 0 Å². The molecule has 0 aromatic heterocycles. The summed E-state index contributed by atoms with van der Waals surface area (Å²) < 4.78 is 18.3. The molecule has 0 aliphatic heterocycles. The molecule has 0 bridgehead atoms. The Labute approximate surface area is 80.7 Å². The third-order valence-electron chi connectivity index (χ3n) is 1.98. The monoisotopic (exact) mass is 195 g/mol. The summed E-state index contributed by atoms with van der Waals surface area (Å²) in [5, 5.41) is 0. The summed E-state index contributed by atoms with van der Waals surface area (Å²) in [5.74, 6) is -0.775. The van der Waals surface area contributed by atoms with E-state index in [1.165, 1.54) is 12.1 Å². The van der Waals surface area contributed by atoms with E-state index in [-0.39, 0.29) is 11.7 Å². The van der Waals surface area contributed by atoms with Crippen molar-refractivity contribution >= 4 is 5.91 Å². The highest BCUT2D eigenvalue weighted by Crippen LogP contribution is 2.27. The van der Waals surface area contributed by atoms with E-state index in [9.17, 15) is 9.18 Å². The number of benzene rings is 1. The van der Waals surface area contributed by atoms with E-state index in [2.05, 4.69) is 0 Å². The summed E-state index contributed by atoms with van der Waals surface area (Å²) in [5.41, 5.74) is 5.18. The third-order valence-corrected chi connectivity index (χ3v) is 1.98. The molecule has 2 rings (SSSR count). The Balaban J connectivity index is 2.25. The van der Waals surface area contributed by atoms with Crippen LogP contribution in [0, 0.1) is 5.82 Å². The number of amides is 1. The molecular formula is C10H10FNO2. The average Bonchev–Trinajstić information content (AvgIpc) is 2.87. The molecule has 1 aliphatic rings. The highest BCUT2D eigenvalue weighted by Gasteiger charge is 2.23. The summed E-state index contributed by atoms with van der Waals surface area (Å²) in [6, 6.07) is 3.82. The van der Waals surface area contributed by atoms with Gasteiger partial charge in [-0.05, 0) is 25.0 Å². The Morgan fingerprint density at radius 3 is 2.71 bits per heavy atom. The lowest BCUT2D eigenvalue weighted by Crippen LogP contribution is -2.11. The van der Waals surface area contributed by atoms with Gasteiger partial charge in [0.1, 0.15) is 11.6 Å². The largest absolute Gasteiger partial charge is 0.490 e. The minimum absolute atomic E-state index is 0.139. The fourth-order valence-electron chi connectivity index (χ4n) is 1.15. The van der Waals surface area contributed by atoms with Crippen molar-refractivity contribution in [1.82, 2.24) is 0 Å². The molecule has 0 saturated heterocycles. The van der Waals surface area contributed by atoms with E-state index >= 15 is 0 Å². The van der Waals surface area contributed by atoms with Crippen molar-refractivity contribution in [2.75, 3.05) is 0 Å². The first kappa shape index (κ1) is 8.99. The number of primary amides is 1. The number of carbonyl (C=O) groups excluding carboxylic acids is 1. The fraction of sp³-hybridized carbons (Fsp3) is 0.300. The van der Waals surface area contributed by atoms with E-state index < -0.39 is 11.7 Å². The molecule has 0 spiro atoms. The van der Waals surface area contributed by atoms with Crippen LogP contribution in [-0.2, 0) is 0 Å². The second-order valence-electron chi connectivity index (χ2n) is 3.36. The van der Waals surface area contributed by atoms with Crippen LogP contribution in [0.15, 0.2) is 18.2 Å². The van der Waals surface area contributed by atoms with Crippen molar-refractivity contribution in [2.24, 2.45) is 5.73 Å². The van der Waals surface area contributed by atoms with Gasteiger partial charge in [-0.15, -0.1) is 0 Å². The predicted molar refractivity (Wildman–Crippen MR) is 48.6 cm³/mol. The Morgan fingerprint density at radius 2 is 2.14 bits per heavy atom. The van der Waals surface area contributed by atoms with Gasteiger partial charge in [0.05, 0.1) is 6.10 Å². The molecule has 2 N–H and O–H groups in total. The third kappa shape index (κ3) is 2.02. The first-order valence-corrected chi connectivity index (χ1v) is 4.42. The lowest BCUT2D eigenvalue weighted by molar-refractivity contribution is 0.0999. The molecule has 3 nitrogen and oxygen atoms in total. The molecule has 1 amide bonds. The van der Waals surface area contributed by atoms with Gasteiger partial charge < -0.3 is 10.5 Å². The van der Waals surface area contributed by atoms with Gasteiger partial charge in [-0.25, -0.2) is 4.39 Å². The lowest BCUT2D eigenvalue weighted by Gasteiger charge is -2.05. The molecule has 74 valence electrons. The second-order valence-corrected chi connectivity index (χ2v) is 3.36. The molecular weight excluding hydrogens is 185 g/mol. The van der Waals surface area contributed by atoms with Crippen LogP contribution in [0.5, 0.6) is 5.75 Å². The number of hydrogen-bond acceptors (Lipinski definition) is 2. The quantitative estimate of drug-likeness (QED) is 0.793. The molecule has 1 aliphatic carbocycles. The zero-order chi connectivity index (χ0) is 10.1. The van der Waals surface area contributed by atoms with E-state index in [1.54, 1.807) is 0 Å². The van der Waals surface area contributed by atoms with Gasteiger partial charge in [-0.1, -0.05) is 0 Å².